The maximum atomic E-state index is 14.1. The van der Waals surface area contributed by atoms with Crippen LogP contribution >= 0.6 is 19.3 Å². The third-order valence-corrected chi connectivity index (χ3v) is 8.59. The van der Waals surface area contributed by atoms with Crippen LogP contribution in [-0.2, 0) is 23.4 Å². The number of hydrogen-bond donors (Lipinski definition) is 3. The number of H-pyrrole nitrogens is 1. The summed E-state index contributed by atoms with van der Waals surface area (Å²) in [6.07, 6.45) is -2.91. The predicted octanol–water partition coefficient (Wildman–Crippen LogP) is 3.39. The molecule has 0 amide bonds. The van der Waals surface area contributed by atoms with Crippen LogP contribution in [0.15, 0.2) is 58.3 Å². The third kappa shape index (κ3) is 6.74. The number of halogens is 1. The molecule has 222 valence electrons. The Bertz CT molecular complexity index is 1580. The fraction of sp³-hybridized carbons (Fsp3) is 0.444. The Kier molecular flexibility index (Phi) is 9.13. The van der Waals surface area contributed by atoms with E-state index in [-0.39, 0.29) is 11.3 Å². The number of alkyl halides is 1. The van der Waals surface area contributed by atoms with E-state index in [0.29, 0.717) is 5.39 Å². The van der Waals surface area contributed by atoms with Crippen molar-refractivity contribution in [2.45, 2.75) is 70.1 Å². The number of esters is 1. The van der Waals surface area contributed by atoms with Gasteiger partial charge in [-0.05, 0) is 46.1 Å². The van der Waals surface area contributed by atoms with Crippen molar-refractivity contribution in [1.82, 2.24) is 14.6 Å². The fourth-order valence-corrected chi connectivity index (χ4v) is 6.22. The second-order valence-corrected chi connectivity index (χ2v) is 12.8. The summed E-state index contributed by atoms with van der Waals surface area (Å²) in [7, 11) is -4.34. The Balaban J connectivity index is 1.61. The van der Waals surface area contributed by atoms with Gasteiger partial charge in [-0.25, -0.2) is 9.36 Å². The van der Waals surface area contributed by atoms with Crippen LogP contribution < -0.4 is 20.9 Å². The number of aliphatic hydroxyl groups is 1. The fourth-order valence-electron chi connectivity index (χ4n) is 4.40. The summed E-state index contributed by atoms with van der Waals surface area (Å²) >= 11 is 6.64. The van der Waals surface area contributed by atoms with Crippen molar-refractivity contribution < 1.29 is 33.0 Å². The number of nitrogens with zero attached hydrogens (tertiary/aromatic N) is 1. The highest BCUT2D eigenvalue weighted by atomic mass is 35.5. The van der Waals surface area contributed by atoms with E-state index in [2.05, 4.69) is 10.1 Å². The minimum atomic E-state index is -4.34. The monoisotopic (exact) mass is 609 g/mol. The molecule has 14 heteroatoms. The van der Waals surface area contributed by atoms with Crippen LogP contribution in [0.4, 0.5) is 0 Å². The molecule has 41 heavy (non-hydrogen) atoms. The average molecular weight is 610 g/mol. The smallest absolute Gasteiger partial charge is 0.459 e. The lowest BCUT2D eigenvalue weighted by Gasteiger charge is -2.27. The molecular formula is C27H33ClN3O9P. The van der Waals surface area contributed by atoms with Gasteiger partial charge in [-0.3, -0.25) is 23.7 Å². The molecule has 6 unspecified atom stereocenters. The van der Waals surface area contributed by atoms with E-state index in [1.807, 2.05) is 18.2 Å². The van der Waals surface area contributed by atoms with Gasteiger partial charge in [-0.1, -0.05) is 36.4 Å². The number of hydrogen-bond acceptors (Lipinski definition) is 9. The van der Waals surface area contributed by atoms with E-state index in [9.17, 15) is 24.1 Å². The van der Waals surface area contributed by atoms with E-state index in [1.54, 1.807) is 38.1 Å². The Morgan fingerprint density at radius 3 is 2.61 bits per heavy atom. The summed E-state index contributed by atoms with van der Waals surface area (Å²) in [6, 6.07) is 11.4. The standard InChI is InChI=1S/C27H33ClN3O9P/c1-15(2)38-24(34)17(4)30-41(36,40-20-12-8-10-18-9-6-7-11-19(18)20)37-14-21-22(32)27(5,28)25(39-21)31-13-16(3)23(33)29-26(31)35/h6-13,15,17,21-22,25,32H,14H2,1-5H3,(H,30,36)(H,29,33,35). The van der Waals surface area contributed by atoms with Gasteiger partial charge in [-0.2, -0.15) is 5.09 Å². The number of aliphatic hydroxyl groups excluding tert-OH is 1. The SMILES string of the molecule is Cc1cn(C2OC(COP(=O)(NC(C)C(=O)OC(C)C)Oc3cccc4ccccc34)C(O)C2(C)Cl)c(=O)[nH]c1=O. The second-order valence-electron chi connectivity index (χ2n) is 10.3. The van der Waals surface area contributed by atoms with Crippen LogP contribution in [0.5, 0.6) is 5.75 Å². The summed E-state index contributed by atoms with van der Waals surface area (Å²) in [4.78, 5) is 37.5. The van der Waals surface area contributed by atoms with Gasteiger partial charge in [0, 0.05) is 17.1 Å². The number of carbonyl (C=O) groups is 1. The highest BCUT2D eigenvalue weighted by Crippen LogP contribution is 2.49. The Morgan fingerprint density at radius 1 is 1.22 bits per heavy atom. The summed E-state index contributed by atoms with van der Waals surface area (Å²) in [5.74, 6) is -0.449. The molecule has 1 aromatic heterocycles. The van der Waals surface area contributed by atoms with Crippen LogP contribution in [0.1, 0.15) is 39.5 Å². The van der Waals surface area contributed by atoms with E-state index in [0.717, 1.165) is 9.95 Å². The first-order chi connectivity index (χ1) is 19.2. The molecule has 2 heterocycles. The molecule has 1 saturated heterocycles. The first-order valence-electron chi connectivity index (χ1n) is 13.0. The summed E-state index contributed by atoms with van der Waals surface area (Å²) in [5, 5.41) is 15.1. The summed E-state index contributed by atoms with van der Waals surface area (Å²) < 4.78 is 37.9. The van der Waals surface area contributed by atoms with Crippen molar-refractivity contribution in [3.8, 4) is 5.75 Å². The van der Waals surface area contributed by atoms with Crippen molar-refractivity contribution in [3.05, 3.63) is 75.1 Å². The highest BCUT2D eigenvalue weighted by molar-refractivity contribution is 7.52. The van der Waals surface area contributed by atoms with Gasteiger partial charge in [0.15, 0.2) is 6.23 Å². The highest BCUT2D eigenvalue weighted by Gasteiger charge is 2.54. The van der Waals surface area contributed by atoms with E-state index < -0.39 is 67.0 Å². The van der Waals surface area contributed by atoms with Gasteiger partial charge in [-0.15, -0.1) is 11.6 Å². The van der Waals surface area contributed by atoms with Gasteiger partial charge in [0.1, 0.15) is 28.9 Å². The molecule has 3 N–H and O–H groups in total. The van der Waals surface area contributed by atoms with Crippen LogP contribution in [0, 0.1) is 6.92 Å². The van der Waals surface area contributed by atoms with Crippen LogP contribution in [0.2, 0.25) is 0 Å². The molecule has 1 fully saturated rings. The number of nitrogens with one attached hydrogen (secondary N) is 2. The van der Waals surface area contributed by atoms with Gasteiger partial charge in [0.05, 0.1) is 12.7 Å². The number of aromatic nitrogens is 2. The molecule has 0 saturated carbocycles. The largest absolute Gasteiger partial charge is 0.462 e. The topological polar surface area (TPSA) is 158 Å². The zero-order valence-corrected chi connectivity index (χ0v) is 24.8. The molecule has 0 bridgehead atoms. The number of ether oxygens (including phenoxy) is 2. The second kappa shape index (κ2) is 12.1. The van der Waals surface area contributed by atoms with E-state index in [4.69, 9.17) is 30.1 Å². The van der Waals surface area contributed by atoms with Crippen molar-refractivity contribution >= 4 is 36.1 Å². The third-order valence-electron chi connectivity index (χ3n) is 6.55. The quantitative estimate of drug-likeness (QED) is 0.177. The van der Waals surface area contributed by atoms with Crippen LogP contribution in [0.3, 0.4) is 0 Å². The zero-order chi connectivity index (χ0) is 30.1. The minimum absolute atomic E-state index is 0.228. The van der Waals surface area contributed by atoms with Crippen molar-refractivity contribution in [1.29, 1.82) is 0 Å². The zero-order valence-electron chi connectivity index (χ0n) is 23.2. The first kappa shape index (κ1) is 31.0. The molecule has 6 atom stereocenters. The molecule has 12 nitrogen and oxygen atoms in total. The lowest BCUT2D eigenvalue weighted by molar-refractivity contribution is -0.149. The van der Waals surface area contributed by atoms with E-state index in [1.165, 1.54) is 27.0 Å². The van der Waals surface area contributed by atoms with Gasteiger partial charge in [0.2, 0.25) is 0 Å². The number of rotatable bonds is 10. The van der Waals surface area contributed by atoms with Gasteiger partial charge >= 0.3 is 19.4 Å². The molecule has 1 aliphatic rings. The lowest BCUT2D eigenvalue weighted by Crippen LogP contribution is -2.43. The molecular weight excluding hydrogens is 577 g/mol. The maximum absolute atomic E-state index is 14.1. The van der Waals surface area contributed by atoms with Gasteiger partial charge < -0.3 is 19.1 Å². The van der Waals surface area contributed by atoms with Crippen molar-refractivity contribution in [2.24, 2.45) is 0 Å². The summed E-state index contributed by atoms with van der Waals surface area (Å²) in [5.41, 5.74) is -1.12. The van der Waals surface area contributed by atoms with E-state index >= 15 is 0 Å². The molecule has 0 spiro atoms. The Morgan fingerprint density at radius 2 is 1.90 bits per heavy atom. The maximum Gasteiger partial charge on any atom is 0.459 e. The van der Waals surface area contributed by atoms with Gasteiger partial charge in [0.25, 0.3) is 5.56 Å². The molecule has 3 aromatic rings. The minimum Gasteiger partial charge on any atom is -0.462 e. The van der Waals surface area contributed by atoms with Crippen molar-refractivity contribution in [3.63, 3.8) is 0 Å². The first-order valence-corrected chi connectivity index (χ1v) is 14.9. The number of benzene rings is 2. The normalized spacial score (nSPS) is 24.7. The predicted molar refractivity (Wildman–Crippen MR) is 152 cm³/mol. The van der Waals surface area contributed by atoms with Crippen molar-refractivity contribution in [2.75, 3.05) is 6.61 Å². The Labute approximate surface area is 241 Å². The van der Waals surface area contributed by atoms with Crippen LogP contribution in [0.25, 0.3) is 10.8 Å². The number of aromatic amines is 1. The molecule has 0 aliphatic carbocycles. The molecule has 2 aromatic carbocycles. The molecule has 1 aliphatic heterocycles. The lowest BCUT2D eigenvalue weighted by atomic mass is 10.0. The average Bonchev–Trinajstić information content (AvgIpc) is 3.13. The number of carbonyl (C=O) groups excluding carboxylic acids is 1. The van der Waals surface area contributed by atoms with Crippen LogP contribution in [-0.4, -0.2) is 56.5 Å². The number of fused-ring (bicyclic) bond motifs is 1. The Hall–Kier alpha value is -2.99. The molecule has 4 rings (SSSR count). The molecule has 0 radical (unpaired) electrons. The number of aryl methyl sites for hydroxylation is 1. The summed E-state index contributed by atoms with van der Waals surface area (Å²) in [6.45, 7) is 7.28.